The summed E-state index contributed by atoms with van der Waals surface area (Å²) in [6, 6.07) is 0. The van der Waals surface area contributed by atoms with Crippen LogP contribution in [0.3, 0.4) is 0 Å². The van der Waals surface area contributed by atoms with Gasteiger partial charge in [0.05, 0.1) is 0 Å². The molecule has 0 unspecified atom stereocenters. The average Bonchev–Trinajstić information content (AvgIpc) is 3.10. The molecule has 0 aromatic rings. The van der Waals surface area contributed by atoms with E-state index in [4.69, 9.17) is 0 Å². The van der Waals surface area contributed by atoms with Gasteiger partial charge < -0.3 is 7.43 Å². The van der Waals surface area contributed by atoms with Gasteiger partial charge in [0.25, 0.3) is 0 Å². The van der Waals surface area contributed by atoms with Crippen molar-refractivity contribution in [2.24, 2.45) is 0 Å². The Morgan fingerprint density at radius 1 is 0.433 bits per heavy atom. The zero-order valence-electron chi connectivity index (χ0n) is 22.9. The molecule has 0 atom stereocenters. The van der Waals surface area contributed by atoms with Gasteiger partial charge in [0.2, 0.25) is 0 Å². The largest absolute Gasteiger partial charge is 3.00 e. The van der Waals surface area contributed by atoms with Crippen molar-refractivity contribution in [1.29, 1.82) is 0 Å². The molecule has 0 amide bonds. The fraction of sp³-hybridized carbons (Fsp3) is 0.560. The Hall–Kier alpha value is 1.75. The summed E-state index contributed by atoms with van der Waals surface area (Å²) in [5.74, 6) is 7.34. The summed E-state index contributed by atoms with van der Waals surface area (Å²) in [6.45, 7) is 34.5. The summed E-state index contributed by atoms with van der Waals surface area (Å²) >= 11 is 0. The van der Waals surface area contributed by atoms with Gasteiger partial charge in [-0.15, -0.1) is 0 Å². The maximum atomic E-state index is 2.61. The summed E-state index contributed by atoms with van der Waals surface area (Å²) < 4.78 is 0. The van der Waals surface area contributed by atoms with Gasteiger partial charge in [-0.1, -0.05) is 93.5 Å². The summed E-state index contributed by atoms with van der Waals surface area (Å²) in [6.07, 6.45) is 10.0. The predicted octanol–water partition coefficient (Wildman–Crippen LogP) is 8.17. The Labute approximate surface area is 217 Å². The minimum absolute atomic E-state index is 0. The molecular weight excluding hydrogens is 504 g/mol. The quantitative estimate of drug-likeness (QED) is 0.244. The van der Waals surface area contributed by atoms with Gasteiger partial charge in [0.1, 0.15) is 0 Å². The van der Waals surface area contributed by atoms with Crippen molar-refractivity contribution < 1.29 is 26.2 Å². The minimum atomic E-state index is -0.832. The second-order valence-corrected chi connectivity index (χ2v) is 48.0. The first-order valence-electron chi connectivity index (χ1n) is 10.7. The molecule has 2 rings (SSSR count). The van der Waals surface area contributed by atoms with Crippen molar-refractivity contribution in [2.45, 2.75) is 93.5 Å². The van der Waals surface area contributed by atoms with Crippen molar-refractivity contribution in [3.05, 3.63) is 69.1 Å². The molecule has 0 aliphatic heterocycles. The van der Waals surface area contributed by atoms with Crippen LogP contribution in [0.5, 0.6) is 0 Å². The van der Waals surface area contributed by atoms with Crippen LogP contribution in [0.15, 0.2) is 0 Å². The van der Waals surface area contributed by atoms with E-state index in [1.807, 2.05) is 32.1 Å². The molecule has 0 heterocycles. The van der Waals surface area contributed by atoms with E-state index in [-0.39, 0.29) is 41.0 Å². The van der Waals surface area contributed by atoms with E-state index in [1.54, 1.807) is 0 Å². The molecule has 0 spiro atoms. The molecule has 2 saturated carbocycles. The van der Waals surface area contributed by atoms with E-state index in [1.165, 1.54) is 29.6 Å². The standard InChI is InChI=1S/C10H15.C9H27Si4.C5H5.CH3.Zr/c1-6-7(2)9(4)10(5)8(6)3;1-11(2,3)10(12(4,5)6)13(7,8)9;1-2-4-5-3-1;;/h1-5H3;1-9H3;1-5H;1H3;/q;;;-1;+3. The molecule has 2 aliphatic rings. The normalized spacial score (nSPS) is 20.1. The zero-order chi connectivity index (χ0) is 22.5. The fourth-order valence-electron chi connectivity index (χ4n) is 5.10. The second-order valence-electron chi connectivity index (χ2n) is 11.2. The summed E-state index contributed by atoms with van der Waals surface area (Å²) in [4.78, 5) is 0. The molecule has 30 heavy (non-hydrogen) atoms. The Morgan fingerprint density at radius 3 is 0.633 bits per heavy atom. The third-order valence-electron chi connectivity index (χ3n) is 5.62. The molecule has 0 aromatic heterocycles. The minimum Gasteiger partial charge on any atom is -0.358 e. The molecule has 0 nitrogen and oxygen atoms in total. The predicted molar refractivity (Wildman–Crippen MR) is 148 cm³/mol. The van der Waals surface area contributed by atoms with Crippen LogP contribution in [0, 0.1) is 69.1 Å². The van der Waals surface area contributed by atoms with Gasteiger partial charge in [0.15, 0.2) is 0 Å². The summed E-state index contributed by atoms with van der Waals surface area (Å²) in [5, 5.41) is 0. The number of hydrogen-bond donors (Lipinski definition) is 0. The van der Waals surface area contributed by atoms with E-state index >= 15 is 0 Å². The van der Waals surface area contributed by atoms with E-state index in [0.29, 0.717) is 0 Å². The van der Waals surface area contributed by atoms with Gasteiger partial charge in [-0.25, -0.2) is 0 Å². The van der Waals surface area contributed by atoms with Crippen LogP contribution >= 0.6 is 0 Å². The molecule has 0 bridgehead atoms. The van der Waals surface area contributed by atoms with Gasteiger partial charge in [-0.3, -0.25) is 0 Å². The van der Waals surface area contributed by atoms with Crippen LogP contribution in [-0.2, 0) is 26.2 Å². The van der Waals surface area contributed by atoms with Crippen LogP contribution in [0.25, 0.3) is 0 Å². The van der Waals surface area contributed by atoms with Crippen LogP contribution < -0.4 is 0 Å². The average molecular weight is 554 g/mol. The van der Waals surface area contributed by atoms with E-state index in [2.05, 4.69) is 93.5 Å². The Kier molecular flexibility index (Phi) is 18.0. The van der Waals surface area contributed by atoms with Gasteiger partial charge in [-0.2, -0.15) is 0 Å². The van der Waals surface area contributed by atoms with Crippen LogP contribution in [-0.4, -0.2) is 30.1 Å². The molecule has 0 saturated heterocycles. The van der Waals surface area contributed by atoms with E-state index < -0.39 is 22.8 Å². The molecule has 2 fully saturated rings. The summed E-state index contributed by atoms with van der Waals surface area (Å²) in [7, 11) is -2.47. The van der Waals surface area contributed by atoms with E-state index in [9.17, 15) is 0 Å². The Bertz CT molecular complexity index is 344. The first kappa shape index (κ1) is 36.3. The van der Waals surface area contributed by atoms with Crippen molar-refractivity contribution >= 4 is 30.1 Å². The molecule has 0 aromatic carbocycles. The topological polar surface area (TPSA) is 0 Å². The number of hydrogen-bond acceptors (Lipinski definition) is 0. The van der Waals surface area contributed by atoms with Crippen LogP contribution in [0.1, 0.15) is 34.6 Å². The molecule has 168 valence electrons. The number of rotatable bonds is 3. The van der Waals surface area contributed by atoms with Gasteiger partial charge in [0, 0.05) is 30.1 Å². The molecule has 2 aliphatic carbocycles. The van der Waals surface area contributed by atoms with Gasteiger partial charge >= 0.3 is 26.2 Å². The summed E-state index contributed by atoms with van der Waals surface area (Å²) in [5.41, 5.74) is 0. The zero-order valence-corrected chi connectivity index (χ0v) is 29.3. The van der Waals surface area contributed by atoms with Crippen LogP contribution in [0.4, 0.5) is 0 Å². The van der Waals surface area contributed by atoms with Crippen molar-refractivity contribution in [2.75, 3.05) is 0 Å². The fourth-order valence-corrected chi connectivity index (χ4v) is 92.9. The smallest absolute Gasteiger partial charge is 0.358 e. The Morgan fingerprint density at radius 2 is 0.567 bits per heavy atom. The monoisotopic (exact) mass is 552 g/mol. The van der Waals surface area contributed by atoms with Crippen LogP contribution in [0.2, 0.25) is 58.9 Å². The first-order valence-corrected chi connectivity index (χ1v) is 25.7. The molecule has 5 heteroatoms. The van der Waals surface area contributed by atoms with Crippen molar-refractivity contribution in [3.8, 4) is 0 Å². The molecular formula is C25H50Si4Zr+2. The first-order chi connectivity index (χ1) is 12.4. The maximum absolute atomic E-state index is 2.61. The third-order valence-corrected chi connectivity index (χ3v) is 64.1. The maximum Gasteiger partial charge on any atom is 3.00 e. The molecule has 0 N–H and O–H groups in total. The SMILES string of the molecule is C[C]1[C](C)[C](C)[C](C)[C]1C.C[Si](C)(C)[Si]([Si](C)(C)C)[Si](C)(C)C.[CH3-].[CH]1[CH][CH][CH][CH]1.[Zr+3]. The van der Waals surface area contributed by atoms with E-state index in [0.717, 1.165) is 0 Å². The second kappa shape index (κ2) is 14.9. The van der Waals surface area contributed by atoms with Gasteiger partial charge in [-0.05, 0) is 61.7 Å². The molecule has 12 radical (unpaired) electrons. The Balaban J connectivity index is -0.000000380. The third kappa shape index (κ3) is 12.3. The van der Waals surface area contributed by atoms with Crippen molar-refractivity contribution in [3.63, 3.8) is 0 Å². The van der Waals surface area contributed by atoms with Crippen molar-refractivity contribution in [1.82, 2.24) is 0 Å².